The van der Waals surface area contributed by atoms with Crippen molar-refractivity contribution in [3.8, 4) is 0 Å². The average molecular weight is 277 g/mol. The zero-order chi connectivity index (χ0) is 14.6. The van der Waals surface area contributed by atoms with Crippen LogP contribution in [0.5, 0.6) is 0 Å². The van der Waals surface area contributed by atoms with E-state index in [1.807, 2.05) is 0 Å². The first-order valence-electron chi connectivity index (χ1n) is 8.07. The third-order valence-corrected chi connectivity index (χ3v) is 5.48. The van der Waals surface area contributed by atoms with E-state index in [4.69, 9.17) is 0 Å². The summed E-state index contributed by atoms with van der Waals surface area (Å²) in [6, 6.07) is 19.3. The summed E-state index contributed by atoms with van der Waals surface area (Å²) in [7, 11) is 2.32. The fraction of sp³-hybridized carbons (Fsp3) is 0.400. The summed E-state index contributed by atoms with van der Waals surface area (Å²) in [5.41, 5.74) is 6.19. The zero-order valence-electron chi connectivity index (χ0n) is 13.1. The molecule has 0 amide bonds. The highest BCUT2D eigenvalue weighted by Gasteiger charge is 2.44. The van der Waals surface area contributed by atoms with Crippen LogP contribution >= 0.6 is 0 Å². The molecule has 1 heteroatoms. The summed E-state index contributed by atoms with van der Waals surface area (Å²) >= 11 is 0. The minimum absolute atomic E-state index is 0.515. The van der Waals surface area contributed by atoms with Crippen LogP contribution in [0.4, 0.5) is 0 Å². The van der Waals surface area contributed by atoms with Gasteiger partial charge in [0.05, 0.1) is 0 Å². The summed E-state index contributed by atoms with van der Waals surface area (Å²) in [5.74, 6) is 1.17. The van der Waals surface area contributed by atoms with Crippen molar-refractivity contribution in [3.05, 3.63) is 70.8 Å². The Labute approximate surface area is 127 Å². The van der Waals surface area contributed by atoms with E-state index < -0.39 is 0 Å². The quantitative estimate of drug-likeness (QED) is 0.747. The van der Waals surface area contributed by atoms with Crippen LogP contribution in [-0.2, 0) is 6.42 Å². The predicted octanol–water partition coefficient (Wildman–Crippen LogP) is 4.39. The van der Waals surface area contributed by atoms with Crippen molar-refractivity contribution in [1.29, 1.82) is 0 Å². The smallest absolute Gasteiger partial charge is 0.0391 e. The van der Waals surface area contributed by atoms with Gasteiger partial charge in [-0.2, -0.15) is 0 Å². The van der Waals surface area contributed by atoms with Gasteiger partial charge in [0.2, 0.25) is 0 Å². The van der Waals surface area contributed by atoms with Gasteiger partial charge < -0.3 is 0 Å². The van der Waals surface area contributed by atoms with Gasteiger partial charge in [-0.25, -0.2) is 0 Å². The van der Waals surface area contributed by atoms with Gasteiger partial charge in [0.15, 0.2) is 0 Å². The van der Waals surface area contributed by atoms with Crippen LogP contribution in [-0.4, -0.2) is 18.0 Å². The fourth-order valence-electron chi connectivity index (χ4n) is 4.64. The first kappa shape index (κ1) is 13.1. The van der Waals surface area contributed by atoms with E-state index in [0.29, 0.717) is 23.9 Å². The predicted molar refractivity (Wildman–Crippen MR) is 87.6 cm³/mol. The molecule has 0 saturated heterocycles. The minimum atomic E-state index is 0.515. The number of hydrogen-bond donors (Lipinski definition) is 0. The van der Waals surface area contributed by atoms with Crippen LogP contribution < -0.4 is 0 Å². The summed E-state index contributed by atoms with van der Waals surface area (Å²) in [6.07, 6.45) is 1.14. The van der Waals surface area contributed by atoms with Gasteiger partial charge in [0.1, 0.15) is 0 Å². The third-order valence-electron chi connectivity index (χ3n) is 5.48. The minimum Gasteiger partial charge on any atom is -0.295 e. The standard InChI is InChI=1S/C20H23N/c1-13(2)20-19-15-9-5-4-8-14(15)12-18(21(20)3)16-10-6-7-11-17(16)19/h4-11,13,18-20H,12H2,1-3H3/t18-,19+,20-/m0/s1. The normalized spacial score (nSPS) is 27.3. The Hall–Kier alpha value is -1.60. The molecule has 2 heterocycles. The third kappa shape index (κ3) is 1.80. The zero-order valence-corrected chi connectivity index (χ0v) is 13.1. The Morgan fingerprint density at radius 3 is 2.24 bits per heavy atom. The number of likely N-dealkylation sites (N-methyl/N-ethyl adjacent to an activating group) is 1. The molecule has 0 fully saturated rings. The second-order valence-electron chi connectivity index (χ2n) is 6.93. The van der Waals surface area contributed by atoms with Crippen molar-refractivity contribution in [3.63, 3.8) is 0 Å². The lowest BCUT2D eigenvalue weighted by Gasteiger charge is -2.45. The van der Waals surface area contributed by atoms with Crippen LogP contribution in [0.15, 0.2) is 48.5 Å². The van der Waals surface area contributed by atoms with E-state index in [2.05, 4.69) is 74.3 Å². The molecular formula is C20H23N. The van der Waals surface area contributed by atoms with Gasteiger partial charge in [-0.15, -0.1) is 0 Å². The van der Waals surface area contributed by atoms with Gasteiger partial charge in [-0.1, -0.05) is 62.4 Å². The van der Waals surface area contributed by atoms with E-state index in [9.17, 15) is 0 Å². The molecule has 1 nitrogen and oxygen atoms in total. The Bertz CT molecular complexity index is 673. The van der Waals surface area contributed by atoms with Gasteiger partial charge in [0, 0.05) is 18.0 Å². The van der Waals surface area contributed by atoms with Crippen LogP contribution in [0.2, 0.25) is 0 Å². The van der Waals surface area contributed by atoms with E-state index in [-0.39, 0.29) is 0 Å². The van der Waals surface area contributed by atoms with Crippen LogP contribution in [0.3, 0.4) is 0 Å². The molecule has 0 N–H and O–H groups in total. The molecule has 0 radical (unpaired) electrons. The molecule has 3 atom stereocenters. The van der Waals surface area contributed by atoms with Crippen LogP contribution in [0, 0.1) is 5.92 Å². The van der Waals surface area contributed by atoms with Crippen LogP contribution in [0.1, 0.15) is 48.1 Å². The number of benzene rings is 2. The molecule has 1 aliphatic carbocycles. The molecule has 5 rings (SSSR count). The van der Waals surface area contributed by atoms with E-state index in [1.165, 1.54) is 5.56 Å². The summed E-state index contributed by atoms with van der Waals surface area (Å²) in [6.45, 7) is 4.74. The summed E-state index contributed by atoms with van der Waals surface area (Å²) < 4.78 is 0. The molecule has 2 aromatic carbocycles. The molecular weight excluding hydrogens is 254 g/mol. The van der Waals surface area contributed by atoms with Gasteiger partial charge in [-0.05, 0) is 41.6 Å². The molecule has 2 bridgehead atoms. The summed E-state index contributed by atoms with van der Waals surface area (Å²) in [4.78, 5) is 2.64. The first-order valence-corrected chi connectivity index (χ1v) is 8.07. The number of rotatable bonds is 1. The maximum atomic E-state index is 2.64. The highest BCUT2D eigenvalue weighted by molar-refractivity contribution is 5.50. The molecule has 0 unspecified atom stereocenters. The van der Waals surface area contributed by atoms with Crippen molar-refractivity contribution in [1.82, 2.24) is 4.90 Å². The molecule has 0 saturated carbocycles. The monoisotopic (exact) mass is 277 g/mol. The Balaban J connectivity index is 2.01. The Morgan fingerprint density at radius 1 is 0.905 bits per heavy atom. The van der Waals surface area contributed by atoms with Gasteiger partial charge in [0.25, 0.3) is 0 Å². The average Bonchev–Trinajstić information content (AvgIpc) is 2.71. The highest BCUT2D eigenvalue weighted by atomic mass is 15.2. The van der Waals surface area contributed by atoms with Crippen molar-refractivity contribution in [2.24, 2.45) is 5.92 Å². The Morgan fingerprint density at radius 2 is 1.52 bits per heavy atom. The lowest BCUT2D eigenvalue weighted by Crippen LogP contribution is -2.46. The van der Waals surface area contributed by atoms with E-state index in [1.54, 1.807) is 16.7 Å². The second kappa shape index (κ2) is 4.71. The van der Waals surface area contributed by atoms with Crippen LogP contribution in [0.25, 0.3) is 0 Å². The van der Waals surface area contributed by atoms with Gasteiger partial charge >= 0.3 is 0 Å². The van der Waals surface area contributed by atoms with E-state index in [0.717, 1.165) is 6.42 Å². The Kier molecular flexibility index (Phi) is 2.93. The number of hydrogen-bond acceptors (Lipinski definition) is 1. The van der Waals surface area contributed by atoms with Crippen molar-refractivity contribution in [2.75, 3.05) is 7.05 Å². The van der Waals surface area contributed by atoms with Crippen molar-refractivity contribution in [2.45, 2.75) is 38.3 Å². The lowest BCUT2D eigenvalue weighted by atomic mass is 9.75. The number of fused-ring (bicyclic) bond motifs is 1. The topological polar surface area (TPSA) is 3.24 Å². The van der Waals surface area contributed by atoms with Crippen molar-refractivity contribution < 1.29 is 0 Å². The maximum Gasteiger partial charge on any atom is 0.0391 e. The molecule has 2 aliphatic heterocycles. The molecule has 21 heavy (non-hydrogen) atoms. The molecule has 0 spiro atoms. The molecule has 0 aromatic heterocycles. The summed E-state index contributed by atoms with van der Waals surface area (Å²) in [5, 5.41) is 0. The lowest BCUT2D eigenvalue weighted by molar-refractivity contribution is 0.112. The van der Waals surface area contributed by atoms with Gasteiger partial charge in [-0.3, -0.25) is 4.90 Å². The SMILES string of the molecule is CC(C)[C@H]1[C@@H]2c3ccccc3C[C@@H](c3ccccc32)N1C. The number of nitrogens with zero attached hydrogens (tertiary/aromatic N) is 1. The second-order valence-corrected chi connectivity index (χ2v) is 6.93. The maximum absolute atomic E-state index is 2.64. The van der Waals surface area contributed by atoms with Crippen molar-refractivity contribution >= 4 is 0 Å². The molecule has 108 valence electrons. The largest absolute Gasteiger partial charge is 0.295 e. The highest BCUT2D eigenvalue weighted by Crippen LogP contribution is 2.50. The fourth-order valence-corrected chi connectivity index (χ4v) is 4.64. The van der Waals surface area contributed by atoms with E-state index >= 15 is 0 Å². The molecule has 3 aliphatic rings. The molecule has 2 aromatic rings. The first-order chi connectivity index (χ1) is 10.2.